The first-order chi connectivity index (χ1) is 11.5. The Bertz CT molecular complexity index is 703. The molecule has 0 amide bonds. The molecule has 3 rings (SSSR count). The number of nitrogens with zero attached hydrogens (tertiary/aromatic N) is 2. The molecule has 1 heterocycles. The smallest absolute Gasteiger partial charge is 0.238 e. The van der Waals surface area contributed by atoms with Crippen LogP contribution in [0.3, 0.4) is 0 Å². The minimum absolute atomic E-state index is 0.143. The lowest BCUT2D eigenvalue weighted by atomic mass is 9.82. The second kappa shape index (κ2) is 7.11. The van der Waals surface area contributed by atoms with Crippen LogP contribution in [0.5, 0.6) is 0 Å². The molecule has 6 nitrogen and oxygen atoms in total. The van der Waals surface area contributed by atoms with Crippen molar-refractivity contribution < 1.29 is 8.42 Å². The monoisotopic (exact) mass is 350 g/mol. The van der Waals surface area contributed by atoms with Crippen molar-refractivity contribution in [2.75, 3.05) is 20.1 Å². The van der Waals surface area contributed by atoms with E-state index in [0.717, 1.165) is 36.4 Å². The van der Waals surface area contributed by atoms with Crippen molar-refractivity contribution in [1.29, 1.82) is 0 Å². The fourth-order valence-electron chi connectivity index (χ4n) is 3.92. The van der Waals surface area contributed by atoms with Crippen LogP contribution in [0.25, 0.3) is 0 Å². The second-order valence-corrected chi connectivity index (χ2v) is 8.36. The topological polar surface area (TPSA) is 87.8 Å². The quantitative estimate of drug-likeness (QED) is 0.639. The van der Waals surface area contributed by atoms with Crippen LogP contribution in [0.15, 0.2) is 34.2 Å². The average Bonchev–Trinajstić information content (AvgIpc) is 2.99. The van der Waals surface area contributed by atoms with E-state index in [1.54, 1.807) is 19.2 Å². The molecule has 24 heavy (non-hydrogen) atoms. The van der Waals surface area contributed by atoms with Gasteiger partial charge >= 0.3 is 0 Å². The number of aliphatic imine (C=N–C) groups is 1. The van der Waals surface area contributed by atoms with Gasteiger partial charge in [0.2, 0.25) is 10.0 Å². The van der Waals surface area contributed by atoms with E-state index in [9.17, 15) is 8.42 Å². The Hall–Kier alpha value is -1.60. The zero-order chi connectivity index (χ0) is 17.2. The number of nitrogens with one attached hydrogen (secondary N) is 1. The SMILES string of the molecule is CN=C(NCc1cccc(S(N)(=O)=O)c1)N1CC2CCCCC2C1. The summed E-state index contributed by atoms with van der Waals surface area (Å²) in [5.74, 6) is 2.48. The van der Waals surface area contributed by atoms with E-state index in [2.05, 4.69) is 15.2 Å². The van der Waals surface area contributed by atoms with E-state index in [0.29, 0.717) is 6.54 Å². The lowest BCUT2D eigenvalue weighted by Gasteiger charge is -2.22. The van der Waals surface area contributed by atoms with Gasteiger partial charge in [-0.3, -0.25) is 4.99 Å². The third kappa shape index (κ3) is 3.89. The molecule has 1 saturated heterocycles. The molecule has 132 valence electrons. The molecule has 7 heteroatoms. The van der Waals surface area contributed by atoms with Crippen LogP contribution in [0, 0.1) is 11.8 Å². The summed E-state index contributed by atoms with van der Waals surface area (Å²) < 4.78 is 22.9. The minimum Gasteiger partial charge on any atom is -0.352 e. The summed E-state index contributed by atoms with van der Waals surface area (Å²) in [6.07, 6.45) is 5.35. The highest BCUT2D eigenvalue weighted by Gasteiger charge is 2.35. The zero-order valence-corrected chi connectivity index (χ0v) is 14.9. The van der Waals surface area contributed by atoms with Gasteiger partial charge in [-0.25, -0.2) is 13.6 Å². The predicted molar refractivity (Wildman–Crippen MR) is 95.0 cm³/mol. The summed E-state index contributed by atoms with van der Waals surface area (Å²) in [5, 5.41) is 8.55. The van der Waals surface area contributed by atoms with Crippen LogP contribution in [0.1, 0.15) is 31.2 Å². The van der Waals surface area contributed by atoms with Gasteiger partial charge in [-0.15, -0.1) is 0 Å². The summed E-state index contributed by atoms with van der Waals surface area (Å²) in [7, 11) is -1.87. The largest absolute Gasteiger partial charge is 0.352 e. The Morgan fingerprint density at radius 2 is 1.96 bits per heavy atom. The fourth-order valence-corrected chi connectivity index (χ4v) is 4.51. The van der Waals surface area contributed by atoms with Crippen LogP contribution in [0.4, 0.5) is 0 Å². The molecule has 1 aromatic carbocycles. The number of nitrogens with two attached hydrogens (primary N) is 1. The number of guanidine groups is 1. The van der Waals surface area contributed by atoms with E-state index in [1.165, 1.54) is 31.7 Å². The highest BCUT2D eigenvalue weighted by atomic mass is 32.2. The van der Waals surface area contributed by atoms with Crippen molar-refractivity contribution >= 4 is 16.0 Å². The molecule has 2 fully saturated rings. The number of sulfonamides is 1. The van der Waals surface area contributed by atoms with Crippen LogP contribution in [-0.4, -0.2) is 39.4 Å². The molecule has 1 aromatic rings. The van der Waals surface area contributed by atoms with Gasteiger partial charge in [-0.1, -0.05) is 25.0 Å². The van der Waals surface area contributed by atoms with Gasteiger partial charge in [0.05, 0.1) is 4.90 Å². The minimum atomic E-state index is -3.67. The predicted octanol–water partition coefficient (Wildman–Crippen LogP) is 1.53. The summed E-state index contributed by atoms with van der Waals surface area (Å²) in [4.78, 5) is 6.88. The lowest BCUT2D eigenvalue weighted by Crippen LogP contribution is -2.39. The Balaban J connectivity index is 1.63. The van der Waals surface area contributed by atoms with Crippen molar-refractivity contribution in [2.24, 2.45) is 22.0 Å². The summed E-state index contributed by atoms with van der Waals surface area (Å²) >= 11 is 0. The van der Waals surface area contributed by atoms with Crippen LogP contribution < -0.4 is 10.5 Å². The van der Waals surface area contributed by atoms with Crippen molar-refractivity contribution in [3.63, 3.8) is 0 Å². The fraction of sp³-hybridized carbons (Fsp3) is 0.588. The number of hydrogen-bond donors (Lipinski definition) is 2. The third-order valence-corrected chi connectivity index (χ3v) is 6.08. The maximum atomic E-state index is 11.5. The Kier molecular flexibility index (Phi) is 5.10. The highest BCUT2D eigenvalue weighted by Crippen LogP contribution is 2.35. The number of benzene rings is 1. The van der Waals surface area contributed by atoms with Gasteiger partial charge in [-0.2, -0.15) is 0 Å². The maximum absolute atomic E-state index is 11.5. The van der Waals surface area contributed by atoms with Crippen molar-refractivity contribution in [1.82, 2.24) is 10.2 Å². The average molecular weight is 350 g/mol. The van der Waals surface area contributed by atoms with Crippen LogP contribution in [-0.2, 0) is 16.6 Å². The maximum Gasteiger partial charge on any atom is 0.238 e. The Morgan fingerprint density at radius 3 is 2.54 bits per heavy atom. The summed E-state index contributed by atoms with van der Waals surface area (Å²) in [6.45, 7) is 2.67. The van der Waals surface area contributed by atoms with Crippen molar-refractivity contribution in [3.05, 3.63) is 29.8 Å². The molecule has 1 aliphatic heterocycles. The van der Waals surface area contributed by atoms with Gasteiger partial charge in [0.15, 0.2) is 5.96 Å². The van der Waals surface area contributed by atoms with Gasteiger partial charge in [-0.05, 0) is 42.4 Å². The van der Waals surface area contributed by atoms with E-state index >= 15 is 0 Å². The Morgan fingerprint density at radius 1 is 1.29 bits per heavy atom. The van der Waals surface area contributed by atoms with Gasteiger partial charge in [0.25, 0.3) is 0 Å². The Labute approximate surface area is 144 Å². The van der Waals surface area contributed by atoms with Gasteiger partial charge in [0.1, 0.15) is 0 Å². The standard InChI is InChI=1S/C17H26N4O2S/c1-19-17(21-11-14-6-2-3-7-15(14)12-21)20-10-13-5-4-8-16(9-13)24(18,22)23/h4-5,8-9,14-15H,2-3,6-7,10-12H2,1H3,(H,19,20)(H2,18,22,23). The van der Waals surface area contributed by atoms with E-state index in [1.807, 2.05) is 6.07 Å². The van der Waals surface area contributed by atoms with E-state index < -0.39 is 10.0 Å². The van der Waals surface area contributed by atoms with Crippen LogP contribution in [0.2, 0.25) is 0 Å². The first-order valence-corrected chi connectivity index (χ1v) is 10.1. The normalized spacial score (nSPS) is 24.8. The lowest BCUT2D eigenvalue weighted by molar-refractivity contribution is 0.299. The number of likely N-dealkylation sites (tertiary alicyclic amines) is 1. The number of primary sulfonamides is 1. The number of fused-ring (bicyclic) bond motifs is 1. The first kappa shape index (κ1) is 17.2. The zero-order valence-electron chi connectivity index (χ0n) is 14.1. The van der Waals surface area contributed by atoms with Crippen molar-refractivity contribution in [3.8, 4) is 0 Å². The third-order valence-electron chi connectivity index (χ3n) is 5.17. The first-order valence-electron chi connectivity index (χ1n) is 8.54. The molecule has 0 radical (unpaired) electrons. The number of hydrogen-bond acceptors (Lipinski definition) is 3. The molecule has 0 aromatic heterocycles. The highest BCUT2D eigenvalue weighted by molar-refractivity contribution is 7.89. The summed E-state index contributed by atoms with van der Waals surface area (Å²) in [6, 6.07) is 6.72. The van der Waals surface area contributed by atoms with Crippen molar-refractivity contribution in [2.45, 2.75) is 37.1 Å². The molecule has 0 spiro atoms. The van der Waals surface area contributed by atoms with Crippen LogP contribution >= 0.6 is 0 Å². The molecular formula is C17H26N4O2S. The molecule has 2 unspecified atom stereocenters. The van der Waals surface area contributed by atoms with E-state index in [-0.39, 0.29) is 4.90 Å². The van der Waals surface area contributed by atoms with Gasteiger partial charge < -0.3 is 10.2 Å². The molecule has 1 saturated carbocycles. The molecule has 3 N–H and O–H groups in total. The molecule has 2 aliphatic rings. The number of rotatable bonds is 3. The molecular weight excluding hydrogens is 324 g/mol. The molecule has 1 aliphatic carbocycles. The second-order valence-electron chi connectivity index (χ2n) is 6.80. The molecule has 0 bridgehead atoms. The molecule has 2 atom stereocenters. The van der Waals surface area contributed by atoms with Gasteiger partial charge in [0, 0.05) is 26.7 Å². The van der Waals surface area contributed by atoms with E-state index in [4.69, 9.17) is 5.14 Å². The summed E-state index contributed by atoms with van der Waals surface area (Å²) in [5.41, 5.74) is 0.874.